The van der Waals surface area contributed by atoms with Gasteiger partial charge in [-0.25, -0.2) is 10.4 Å². The minimum Gasteiger partial charge on any atom is -0.489 e. The number of rotatable bonds is 8. The first-order chi connectivity index (χ1) is 21.4. The number of carbonyl (C=O) groups is 1. The number of hydrogen-bond donors (Lipinski definition) is 1. The summed E-state index contributed by atoms with van der Waals surface area (Å²) in [5.74, 6) is 0.423. The van der Waals surface area contributed by atoms with Crippen molar-refractivity contribution < 1.29 is 9.53 Å². The van der Waals surface area contributed by atoms with E-state index in [1.807, 2.05) is 111 Å². The SMILES string of the molecule is Cc1cc(/C=N\NC(=O)c2cc(-c3ccccc3)nc3ccccc23)c(C)n1-c1ccc(OCc2ccc(Cl)cc2Cl)cc1. The minimum atomic E-state index is -0.304. The van der Waals surface area contributed by atoms with Gasteiger partial charge in [0.05, 0.1) is 23.0 Å². The fraction of sp³-hybridized carbons (Fsp3) is 0.0833. The van der Waals surface area contributed by atoms with Crippen molar-refractivity contribution in [3.05, 3.63) is 147 Å². The molecule has 2 aromatic heterocycles. The highest BCUT2D eigenvalue weighted by Gasteiger charge is 2.14. The van der Waals surface area contributed by atoms with Gasteiger partial charge >= 0.3 is 0 Å². The van der Waals surface area contributed by atoms with Gasteiger partial charge in [-0.1, -0.05) is 77.8 Å². The van der Waals surface area contributed by atoms with Gasteiger partial charge in [0.25, 0.3) is 5.91 Å². The molecule has 6 rings (SSSR count). The molecule has 0 spiro atoms. The van der Waals surface area contributed by atoms with Crippen LogP contribution in [0.3, 0.4) is 0 Å². The lowest BCUT2D eigenvalue weighted by Gasteiger charge is -2.12. The molecule has 8 heteroatoms. The van der Waals surface area contributed by atoms with Gasteiger partial charge in [-0.3, -0.25) is 4.79 Å². The molecule has 44 heavy (non-hydrogen) atoms. The third-order valence-corrected chi connectivity index (χ3v) is 7.96. The first-order valence-corrected chi connectivity index (χ1v) is 14.8. The van der Waals surface area contributed by atoms with Crippen molar-refractivity contribution in [2.45, 2.75) is 20.5 Å². The van der Waals surface area contributed by atoms with Gasteiger partial charge < -0.3 is 9.30 Å². The largest absolute Gasteiger partial charge is 0.489 e. The van der Waals surface area contributed by atoms with E-state index >= 15 is 0 Å². The van der Waals surface area contributed by atoms with Crippen LogP contribution in [0.1, 0.15) is 32.9 Å². The molecule has 0 saturated carbocycles. The monoisotopic (exact) mass is 618 g/mol. The number of carbonyl (C=O) groups excluding carboxylic acids is 1. The predicted octanol–water partition coefficient (Wildman–Crippen LogP) is 8.96. The molecule has 0 aliphatic carbocycles. The Kier molecular flexibility index (Phi) is 8.46. The Morgan fingerprint density at radius 1 is 0.909 bits per heavy atom. The smallest absolute Gasteiger partial charge is 0.272 e. The molecule has 0 fully saturated rings. The molecule has 0 atom stereocenters. The average molecular weight is 620 g/mol. The standard InChI is InChI=1S/C36H28Cl2N4O2/c1-23-18-27(24(2)42(23)29-14-16-30(17-15-29)44-22-26-12-13-28(37)19-33(26)38)21-39-41-36(43)32-20-35(25-8-4-3-5-9-25)40-34-11-7-6-10-31(32)34/h3-21H,22H2,1-2H3,(H,41,43)/b39-21-. The zero-order valence-corrected chi connectivity index (χ0v) is 25.6. The second-order valence-corrected chi connectivity index (χ2v) is 11.2. The summed E-state index contributed by atoms with van der Waals surface area (Å²) in [5, 5.41) is 6.25. The van der Waals surface area contributed by atoms with Crippen molar-refractivity contribution in [1.82, 2.24) is 15.0 Å². The summed E-state index contributed by atoms with van der Waals surface area (Å²) in [4.78, 5) is 18.1. The maximum absolute atomic E-state index is 13.3. The normalized spacial score (nSPS) is 11.3. The minimum absolute atomic E-state index is 0.304. The van der Waals surface area contributed by atoms with E-state index in [1.54, 1.807) is 18.3 Å². The highest BCUT2D eigenvalue weighted by molar-refractivity contribution is 6.35. The number of ether oxygens (including phenoxy) is 1. The summed E-state index contributed by atoms with van der Waals surface area (Å²) in [6.45, 7) is 4.39. The lowest BCUT2D eigenvalue weighted by molar-refractivity contribution is 0.0956. The molecule has 1 N–H and O–H groups in total. The lowest BCUT2D eigenvalue weighted by Crippen LogP contribution is -2.18. The predicted molar refractivity (Wildman–Crippen MR) is 178 cm³/mol. The van der Waals surface area contributed by atoms with E-state index in [1.165, 1.54) is 0 Å². The van der Waals surface area contributed by atoms with E-state index in [0.29, 0.717) is 22.2 Å². The van der Waals surface area contributed by atoms with Gasteiger partial charge in [-0.15, -0.1) is 0 Å². The lowest BCUT2D eigenvalue weighted by atomic mass is 10.0. The van der Waals surface area contributed by atoms with Crippen LogP contribution in [-0.4, -0.2) is 21.7 Å². The summed E-state index contributed by atoms with van der Waals surface area (Å²) in [6, 6.07) is 34.5. The van der Waals surface area contributed by atoms with Crippen LogP contribution in [0.15, 0.2) is 114 Å². The van der Waals surface area contributed by atoms with E-state index in [0.717, 1.165) is 56.1 Å². The van der Waals surface area contributed by atoms with Crippen molar-refractivity contribution in [3.8, 4) is 22.7 Å². The number of halogens is 2. The second-order valence-electron chi connectivity index (χ2n) is 10.3. The Bertz CT molecular complexity index is 2000. The molecular formula is C36H28Cl2N4O2. The van der Waals surface area contributed by atoms with E-state index in [2.05, 4.69) is 15.1 Å². The molecule has 0 bridgehead atoms. The second kappa shape index (κ2) is 12.8. The van der Waals surface area contributed by atoms with Crippen molar-refractivity contribution in [2.24, 2.45) is 5.10 Å². The summed E-state index contributed by atoms with van der Waals surface area (Å²) in [5.41, 5.74) is 10.4. The topological polar surface area (TPSA) is 68.5 Å². The van der Waals surface area contributed by atoms with Gasteiger partial charge in [0, 0.05) is 49.2 Å². The van der Waals surface area contributed by atoms with E-state index in [9.17, 15) is 4.79 Å². The molecule has 0 saturated heterocycles. The Balaban J connectivity index is 1.17. The van der Waals surface area contributed by atoms with Crippen molar-refractivity contribution >= 4 is 46.2 Å². The van der Waals surface area contributed by atoms with Gasteiger partial charge in [0.1, 0.15) is 12.4 Å². The van der Waals surface area contributed by atoms with E-state index in [4.69, 9.17) is 32.9 Å². The van der Waals surface area contributed by atoms with Crippen LogP contribution in [-0.2, 0) is 6.61 Å². The summed E-state index contributed by atoms with van der Waals surface area (Å²) < 4.78 is 8.07. The van der Waals surface area contributed by atoms with Gasteiger partial charge in [-0.05, 0) is 68.4 Å². The van der Waals surface area contributed by atoms with Crippen LogP contribution >= 0.6 is 23.2 Å². The first kappa shape index (κ1) is 29.2. The van der Waals surface area contributed by atoms with Crippen molar-refractivity contribution in [3.63, 3.8) is 0 Å². The molecule has 2 heterocycles. The Morgan fingerprint density at radius 3 is 2.43 bits per heavy atom. The van der Waals surface area contributed by atoms with E-state index in [-0.39, 0.29) is 5.91 Å². The average Bonchev–Trinajstić information content (AvgIpc) is 3.32. The van der Waals surface area contributed by atoms with Gasteiger partial charge in [0.2, 0.25) is 0 Å². The van der Waals surface area contributed by atoms with Crippen LogP contribution in [0.5, 0.6) is 5.75 Å². The zero-order valence-electron chi connectivity index (χ0n) is 24.1. The molecule has 218 valence electrons. The highest BCUT2D eigenvalue weighted by Crippen LogP contribution is 2.26. The van der Waals surface area contributed by atoms with Gasteiger partial charge in [-0.2, -0.15) is 5.10 Å². The molecule has 1 amide bonds. The molecular weight excluding hydrogens is 591 g/mol. The van der Waals surface area contributed by atoms with Crippen molar-refractivity contribution in [2.75, 3.05) is 0 Å². The number of fused-ring (bicyclic) bond motifs is 1. The maximum atomic E-state index is 13.3. The number of hydrazone groups is 1. The number of benzene rings is 4. The molecule has 0 aliphatic rings. The molecule has 6 nitrogen and oxygen atoms in total. The van der Waals surface area contributed by atoms with Crippen LogP contribution in [0.25, 0.3) is 27.8 Å². The zero-order chi connectivity index (χ0) is 30.6. The summed E-state index contributed by atoms with van der Waals surface area (Å²) in [7, 11) is 0. The number of pyridine rings is 1. The van der Waals surface area contributed by atoms with Crippen LogP contribution in [0.4, 0.5) is 0 Å². The molecule has 0 aliphatic heterocycles. The maximum Gasteiger partial charge on any atom is 0.272 e. The Hall–Kier alpha value is -4.91. The number of hydrogen-bond acceptors (Lipinski definition) is 4. The molecule has 6 aromatic rings. The summed E-state index contributed by atoms with van der Waals surface area (Å²) >= 11 is 12.3. The Labute approximate surface area is 265 Å². The fourth-order valence-corrected chi connectivity index (χ4v) is 5.61. The van der Waals surface area contributed by atoms with E-state index < -0.39 is 0 Å². The third-order valence-electron chi connectivity index (χ3n) is 7.37. The Morgan fingerprint density at radius 2 is 1.66 bits per heavy atom. The van der Waals surface area contributed by atoms with Crippen LogP contribution in [0, 0.1) is 13.8 Å². The highest BCUT2D eigenvalue weighted by atomic mass is 35.5. The fourth-order valence-electron chi connectivity index (χ4n) is 5.15. The number of nitrogens with one attached hydrogen (secondary N) is 1. The first-order valence-electron chi connectivity index (χ1n) is 14.0. The summed E-state index contributed by atoms with van der Waals surface area (Å²) in [6.07, 6.45) is 1.67. The third kappa shape index (κ3) is 6.23. The molecule has 4 aromatic carbocycles. The van der Waals surface area contributed by atoms with Crippen molar-refractivity contribution in [1.29, 1.82) is 0 Å². The molecule has 0 radical (unpaired) electrons. The number of para-hydroxylation sites is 1. The number of aromatic nitrogens is 2. The number of nitrogens with zero attached hydrogens (tertiary/aromatic N) is 3. The van der Waals surface area contributed by atoms with Gasteiger partial charge in [0.15, 0.2) is 0 Å². The van der Waals surface area contributed by atoms with Crippen LogP contribution in [0.2, 0.25) is 10.0 Å². The number of amides is 1. The number of aryl methyl sites for hydroxylation is 1. The quantitative estimate of drug-likeness (QED) is 0.137. The van der Waals surface area contributed by atoms with Crippen LogP contribution < -0.4 is 10.2 Å². The molecule has 0 unspecified atom stereocenters.